The highest BCUT2D eigenvalue weighted by Gasteiger charge is 2.36. The lowest BCUT2D eigenvalue weighted by Gasteiger charge is -2.37. The van der Waals surface area contributed by atoms with E-state index in [0.717, 1.165) is 12.1 Å². The molecule has 3 aromatic rings. The number of aromatic nitrogens is 2. The van der Waals surface area contributed by atoms with E-state index in [-0.39, 0.29) is 5.69 Å². The molecular weight excluding hydrogens is 384 g/mol. The summed E-state index contributed by atoms with van der Waals surface area (Å²) in [6.07, 6.45) is 3.57. The molecule has 0 unspecified atom stereocenters. The molecule has 8 nitrogen and oxygen atoms in total. The Labute approximate surface area is 174 Å². The van der Waals surface area contributed by atoms with Crippen LogP contribution in [-0.4, -0.2) is 67.7 Å². The van der Waals surface area contributed by atoms with Gasteiger partial charge in [-0.1, -0.05) is 24.3 Å². The molecule has 0 amide bonds. The van der Waals surface area contributed by atoms with Crippen molar-refractivity contribution in [1.82, 2.24) is 19.4 Å². The number of pyridine rings is 1. The van der Waals surface area contributed by atoms with Crippen LogP contribution in [0.5, 0.6) is 0 Å². The predicted molar refractivity (Wildman–Crippen MR) is 111 cm³/mol. The van der Waals surface area contributed by atoms with Gasteiger partial charge in [-0.05, 0) is 17.7 Å². The largest absolute Gasteiger partial charge is 0.480 e. The molecule has 30 heavy (non-hydrogen) atoms. The number of piperazine rings is 1. The summed E-state index contributed by atoms with van der Waals surface area (Å²) in [5, 5.41) is 20.6. The Kier molecular flexibility index (Phi) is 5.52. The first-order valence-electron chi connectivity index (χ1n) is 9.86. The van der Waals surface area contributed by atoms with E-state index >= 15 is 0 Å². The number of aliphatic carboxylic acids is 1. The minimum atomic E-state index is -1.12. The molecule has 0 saturated carbocycles. The number of nitrogens with zero attached hydrogens (tertiary/aromatic N) is 4. The molecule has 3 heterocycles. The zero-order chi connectivity index (χ0) is 21.3. The molecule has 1 saturated heterocycles. The van der Waals surface area contributed by atoms with Gasteiger partial charge in [-0.25, -0.2) is 4.79 Å². The third kappa shape index (κ3) is 3.67. The monoisotopic (exact) mass is 408 g/mol. The normalized spacial score (nSPS) is 16.6. The minimum Gasteiger partial charge on any atom is -0.480 e. The van der Waals surface area contributed by atoms with Crippen molar-refractivity contribution < 1.29 is 19.8 Å². The van der Waals surface area contributed by atoms with Crippen LogP contribution in [0.25, 0.3) is 10.9 Å². The maximum absolute atomic E-state index is 12.3. The van der Waals surface area contributed by atoms with Gasteiger partial charge in [0, 0.05) is 68.6 Å². The summed E-state index contributed by atoms with van der Waals surface area (Å²) < 4.78 is 1.57. The summed E-state index contributed by atoms with van der Waals surface area (Å²) in [7, 11) is 1.67. The quantitative estimate of drug-likeness (QED) is 0.645. The molecule has 0 radical (unpaired) electrons. The molecule has 1 aliphatic heterocycles. The molecule has 156 valence electrons. The fraction of sp³-hybridized carbons (Fsp3) is 0.318. The average Bonchev–Trinajstić information content (AvgIpc) is 3.03. The van der Waals surface area contributed by atoms with E-state index in [0.29, 0.717) is 42.6 Å². The van der Waals surface area contributed by atoms with Gasteiger partial charge in [-0.3, -0.25) is 19.6 Å². The zero-order valence-corrected chi connectivity index (χ0v) is 16.7. The second kappa shape index (κ2) is 8.25. The van der Waals surface area contributed by atoms with Gasteiger partial charge in [0.05, 0.1) is 0 Å². The number of para-hydroxylation sites is 1. The Hall–Kier alpha value is -3.23. The molecule has 4 rings (SSSR count). The molecule has 1 atom stereocenters. The summed E-state index contributed by atoms with van der Waals surface area (Å²) in [6.45, 7) is 3.24. The SMILES string of the molecule is Cn1c(C(=O)O)c([C@@H](C(=O)O)N2CCN(Cc3cccnc3)CC2)c2ccccc21. The van der Waals surface area contributed by atoms with Crippen molar-refractivity contribution in [2.45, 2.75) is 12.6 Å². The van der Waals surface area contributed by atoms with Crippen molar-refractivity contribution in [2.24, 2.45) is 7.05 Å². The Balaban J connectivity index is 1.63. The van der Waals surface area contributed by atoms with Crippen LogP contribution in [0.3, 0.4) is 0 Å². The van der Waals surface area contributed by atoms with Gasteiger partial charge in [-0.15, -0.1) is 0 Å². The van der Waals surface area contributed by atoms with Crippen LogP contribution in [-0.2, 0) is 18.4 Å². The number of carbonyl (C=O) groups is 2. The average molecular weight is 408 g/mol. The lowest BCUT2D eigenvalue weighted by Crippen LogP contribution is -2.49. The first-order chi connectivity index (χ1) is 14.5. The molecule has 1 aliphatic rings. The summed E-state index contributed by atoms with van der Waals surface area (Å²) in [5.74, 6) is -2.15. The van der Waals surface area contributed by atoms with E-state index in [1.807, 2.05) is 41.4 Å². The summed E-state index contributed by atoms with van der Waals surface area (Å²) in [5.41, 5.74) is 2.21. The van der Waals surface area contributed by atoms with Crippen molar-refractivity contribution in [1.29, 1.82) is 0 Å². The maximum Gasteiger partial charge on any atom is 0.352 e. The predicted octanol–water partition coefficient (Wildman–Crippen LogP) is 2.21. The van der Waals surface area contributed by atoms with Crippen molar-refractivity contribution >= 4 is 22.8 Å². The second-order valence-electron chi connectivity index (χ2n) is 7.56. The smallest absolute Gasteiger partial charge is 0.352 e. The molecule has 1 aromatic carbocycles. The molecular formula is C22H24N4O4. The van der Waals surface area contributed by atoms with Crippen LogP contribution in [0.4, 0.5) is 0 Å². The summed E-state index contributed by atoms with van der Waals surface area (Å²) >= 11 is 0. The van der Waals surface area contributed by atoms with Crippen LogP contribution in [0.2, 0.25) is 0 Å². The number of carboxylic acids is 2. The zero-order valence-electron chi connectivity index (χ0n) is 16.7. The number of hydrogen-bond donors (Lipinski definition) is 2. The van der Waals surface area contributed by atoms with Crippen molar-refractivity contribution in [2.75, 3.05) is 26.2 Å². The minimum absolute atomic E-state index is 0.0291. The highest BCUT2D eigenvalue weighted by atomic mass is 16.4. The molecule has 8 heteroatoms. The third-order valence-electron chi connectivity index (χ3n) is 5.76. The van der Waals surface area contributed by atoms with E-state index in [9.17, 15) is 19.8 Å². The number of carboxylic acid groups (broad SMARTS) is 2. The molecule has 0 spiro atoms. The number of aromatic carboxylic acids is 1. The standard InChI is InChI=1S/C22H24N4O4/c1-24-17-7-3-2-6-16(17)18(19(24)21(27)28)20(22(29)30)26-11-9-25(10-12-26)14-15-5-4-8-23-13-15/h2-8,13,20H,9-12,14H2,1H3,(H,27,28)(H,29,30)/t20-/m0/s1. The number of aryl methyl sites for hydroxylation is 1. The van der Waals surface area contributed by atoms with Gasteiger partial charge in [0.1, 0.15) is 11.7 Å². The lowest BCUT2D eigenvalue weighted by molar-refractivity contribution is -0.144. The Morgan fingerprint density at radius 2 is 1.80 bits per heavy atom. The van der Waals surface area contributed by atoms with Gasteiger partial charge in [0.2, 0.25) is 0 Å². The fourth-order valence-electron chi connectivity index (χ4n) is 4.35. The lowest BCUT2D eigenvalue weighted by atomic mass is 10.00. The molecule has 2 N–H and O–H groups in total. The number of hydrogen-bond acceptors (Lipinski definition) is 5. The second-order valence-corrected chi connectivity index (χ2v) is 7.56. The molecule has 1 fully saturated rings. The number of rotatable bonds is 6. The first-order valence-corrected chi connectivity index (χ1v) is 9.86. The van der Waals surface area contributed by atoms with Gasteiger partial charge < -0.3 is 14.8 Å². The fourth-order valence-corrected chi connectivity index (χ4v) is 4.35. The van der Waals surface area contributed by atoms with Crippen molar-refractivity contribution in [3.8, 4) is 0 Å². The van der Waals surface area contributed by atoms with Crippen molar-refractivity contribution in [3.63, 3.8) is 0 Å². The van der Waals surface area contributed by atoms with E-state index in [4.69, 9.17) is 0 Å². The van der Waals surface area contributed by atoms with Gasteiger partial charge in [0.15, 0.2) is 0 Å². The van der Waals surface area contributed by atoms with E-state index in [1.165, 1.54) is 0 Å². The van der Waals surface area contributed by atoms with Crippen LogP contribution in [0.1, 0.15) is 27.7 Å². The van der Waals surface area contributed by atoms with Gasteiger partial charge >= 0.3 is 11.9 Å². The maximum atomic E-state index is 12.3. The first kappa shape index (κ1) is 20.1. The highest BCUT2D eigenvalue weighted by Crippen LogP contribution is 2.34. The molecule has 0 bridgehead atoms. The van der Waals surface area contributed by atoms with E-state index in [2.05, 4.69) is 9.88 Å². The van der Waals surface area contributed by atoms with Crippen LogP contribution in [0.15, 0.2) is 48.8 Å². The molecule has 0 aliphatic carbocycles. The summed E-state index contributed by atoms with van der Waals surface area (Å²) in [6, 6.07) is 10.2. The van der Waals surface area contributed by atoms with Crippen molar-refractivity contribution in [3.05, 3.63) is 65.6 Å². The van der Waals surface area contributed by atoms with Gasteiger partial charge in [0.25, 0.3) is 0 Å². The molecule has 2 aromatic heterocycles. The van der Waals surface area contributed by atoms with Crippen LogP contribution in [0, 0.1) is 0 Å². The summed E-state index contributed by atoms with van der Waals surface area (Å²) in [4.78, 5) is 32.6. The highest BCUT2D eigenvalue weighted by molar-refractivity contribution is 6.01. The Bertz CT molecular complexity index is 1070. The van der Waals surface area contributed by atoms with Gasteiger partial charge in [-0.2, -0.15) is 0 Å². The van der Waals surface area contributed by atoms with E-state index in [1.54, 1.807) is 23.9 Å². The van der Waals surface area contributed by atoms with Crippen LogP contribution >= 0.6 is 0 Å². The number of benzene rings is 1. The number of fused-ring (bicyclic) bond motifs is 1. The Morgan fingerprint density at radius 1 is 1.07 bits per heavy atom. The Morgan fingerprint density at radius 3 is 2.43 bits per heavy atom. The topological polar surface area (TPSA) is 98.9 Å². The third-order valence-corrected chi connectivity index (χ3v) is 5.76. The van der Waals surface area contributed by atoms with E-state index < -0.39 is 18.0 Å². The van der Waals surface area contributed by atoms with Crippen LogP contribution < -0.4 is 0 Å².